The molecule has 0 aliphatic heterocycles. The molecule has 0 fully saturated rings. The SMILES string of the molecule is CCCCCC/C=C\CCCCCCCCCC(=O)OC(/C=C/CCCCCCCCCCCC)C(COP(=O)([O-])OCC[N+](C)(C)C)NC(=O)CCCCCCCCCCCCCCCCC. The number of esters is 1. The fourth-order valence-electron chi connectivity index (χ4n) is 8.58. The maximum Gasteiger partial charge on any atom is 0.306 e. The van der Waals surface area contributed by atoms with Gasteiger partial charge < -0.3 is 28.5 Å². The highest BCUT2D eigenvalue weighted by molar-refractivity contribution is 7.45. The zero-order valence-electron chi connectivity index (χ0n) is 45.8. The van der Waals surface area contributed by atoms with Crippen molar-refractivity contribution in [1.82, 2.24) is 5.32 Å². The third kappa shape index (κ3) is 49.5. The molecule has 0 aromatic rings. The maximum atomic E-state index is 13.5. The molecular formula is C58H113N2O7P. The third-order valence-electron chi connectivity index (χ3n) is 13.1. The van der Waals surface area contributed by atoms with E-state index in [4.69, 9.17) is 13.8 Å². The summed E-state index contributed by atoms with van der Waals surface area (Å²) in [5, 5.41) is 3.03. The summed E-state index contributed by atoms with van der Waals surface area (Å²) >= 11 is 0. The van der Waals surface area contributed by atoms with Gasteiger partial charge in [-0.25, -0.2) is 0 Å². The van der Waals surface area contributed by atoms with E-state index in [2.05, 4.69) is 38.2 Å². The minimum Gasteiger partial charge on any atom is -0.756 e. The first-order chi connectivity index (χ1) is 32.9. The van der Waals surface area contributed by atoms with Crippen LogP contribution in [-0.2, 0) is 27.9 Å². The van der Waals surface area contributed by atoms with Crippen molar-refractivity contribution < 1.29 is 37.3 Å². The van der Waals surface area contributed by atoms with E-state index >= 15 is 0 Å². The van der Waals surface area contributed by atoms with Crippen molar-refractivity contribution in [3.63, 3.8) is 0 Å². The lowest BCUT2D eigenvalue weighted by Crippen LogP contribution is -2.47. The molecule has 0 spiro atoms. The monoisotopic (exact) mass is 981 g/mol. The van der Waals surface area contributed by atoms with Crippen LogP contribution < -0.4 is 10.2 Å². The van der Waals surface area contributed by atoms with E-state index in [-0.39, 0.29) is 31.5 Å². The molecule has 3 unspecified atom stereocenters. The Balaban J connectivity index is 5.32. The normalized spacial score (nSPS) is 13.9. The van der Waals surface area contributed by atoms with Crippen molar-refractivity contribution in [2.75, 3.05) is 40.9 Å². The molecule has 1 N–H and O–H groups in total. The maximum absolute atomic E-state index is 13.5. The summed E-state index contributed by atoms with van der Waals surface area (Å²) in [6.07, 6.45) is 55.6. The van der Waals surface area contributed by atoms with Crippen LogP contribution in [0.25, 0.3) is 0 Å². The van der Waals surface area contributed by atoms with Gasteiger partial charge >= 0.3 is 5.97 Å². The van der Waals surface area contributed by atoms with Crippen LogP contribution in [0.1, 0.15) is 284 Å². The second-order valence-electron chi connectivity index (χ2n) is 21.2. The van der Waals surface area contributed by atoms with E-state index in [1.54, 1.807) is 0 Å². The Morgan fingerprint density at radius 2 is 0.853 bits per heavy atom. The number of allylic oxidation sites excluding steroid dienone is 3. The Bertz CT molecular complexity index is 1220. The van der Waals surface area contributed by atoms with Gasteiger partial charge in [-0.05, 0) is 57.4 Å². The number of nitrogens with zero attached hydrogens (tertiary/aromatic N) is 1. The molecule has 0 aromatic carbocycles. The number of rotatable bonds is 53. The molecule has 10 heteroatoms. The summed E-state index contributed by atoms with van der Waals surface area (Å²) in [5.41, 5.74) is 0. The van der Waals surface area contributed by atoms with Crippen LogP contribution in [0, 0.1) is 0 Å². The molecule has 3 atom stereocenters. The smallest absolute Gasteiger partial charge is 0.306 e. The summed E-state index contributed by atoms with van der Waals surface area (Å²) in [4.78, 5) is 39.8. The Morgan fingerprint density at radius 3 is 1.26 bits per heavy atom. The zero-order valence-corrected chi connectivity index (χ0v) is 46.7. The second kappa shape index (κ2) is 49.1. The number of carbonyl (C=O) groups is 2. The number of ether oxygens (including phenoxy) is 1. The molecule has 0 heterocycles. The molecule has 9 nitrogen and oxygen atoms in total. The first-order valence-electron chi connectivity index (χ1n) is 29.1. The number of phosphoric acid groups is 1. The van der Waals surface area contributed by atoms with Gasteiger partial charge in [0, 0.05) is 12.8 Å². The standard InChI is InChI=1S/C58H113N2O7P/c1-7-10-13-16-19-22-25-28-30-32-35-38-41-44-47-50-57(61)59-55(54-66-68(63,64)65-53-52-60(4,5)6)56(49-46-43-40-37-34-27-24-21-18-15-12-9-3)67-58(62)51-48-45-42-39-36-33-31-29-26-23-20-17-14-11-8-2/h23,26,46,49,55-56H,7-22,24-25,27-45,47-48,50-54H2,1-6H3,(H-,59,61,63,64)/b26-23-,49-46+. The quantitative estimate of drug-likeness (QED) is 0.0212. The van der Waals surface area contributed by atoms with Gasteiger partial charge in [-0.3, -0.25) is 14.2 Å². The largest absolute Gasteiger partial charge is 0.756 e. The van der Waals surface area contributed by atoms with Crippen molar-refractivity contribution >= 4 is 19.7 Å². The molecule has 0 aliphatic carbocycles. The highest BCUT2D eigenvalue weighted by atomic mass is 31.2. The number of hydrogen-bond donors (Lipinski definition) is 1. The van der Waals surface area contributed by atoms with E-state index in [0.717, 1.165) is 70.6 Å². The van der Waals surface area contributed by atoms with Gasteiger partial charge in [0.25, 0.3) is 7.82 Å². The van der Waals surface area contributed by atoms with Crippen molar-refractivity contribution in [3.8, 4) is 0 Å². The number of carbonyl (C=O) groups excluding carboxylic acids is 2. The van der Waals surface area contributed by atoms with E-state index in [9.17, 15) is 19.0 Å². The Morgan fingerprint density at radius 1 is 0.500 bits per heavy atom. The fraction of sp³-hybridized carbons (Fsp3) is 0.897. The molecule has 0 saturated heterocycles. The van der Waals surface area contributed by atoms with Gasteiger partial charge in [-0.2, -0.15) is 0 Å². The summed E-state index contributed by atoms with van der Waals surface area (Å²) in [5.74, 6) is -0.534. The van der Waals surface area contributed by atoms with E-state index < -0.39 is 20.0 Å². The van der Waals surface area contributed by atoms with Gasteiger partial charge in [0.05, 0.1) is 33.8 Å². The van der Waals surface area contributed by atoms with Crippen LogP contribution in [0.2, 0.25) is 0 Å². The Hall–Kier alpha value is -1.51. The first-order valence-corrected chi connectivity index (χ1v) is 30.6. The minimum atomic E-state index is -4.69. The first kappa shape index (κ1) is 66.5. The molecule has 0 aliphatic rings. The van der Waals surface area contributed by atoms with Gasteiger partial charge in [0.1, 0.15) is 19.3 Å². The molecular weight excluding hydrogens is 868 g/mol. The topological polar surface area (TPSA) is 114 Å². The van der Waals surface area contributed by atoms with Crippen molar-refractivity contribution in [1.29, 1.82) is 0 Å². The number of phosphoric ester groups is 1. The van der Waals surface area contributed by atoms with Crippen molar-refractivity contribution in [3.05, 3.63) is 24.3 Å². The summed E-state index contributed by atoms with van der Waals surface area (Å²) in [7, 11) is 1.19. The Labute approximate surface area is 422 Å². The average Bonchev–Trinajstić information content (AvgIpc) is 3.29. The number of likely N-dealkylation sites (N-methyl/N-ethyl adjacent to an activating group) is 1. The highest BCUT2D eigenvalue weighted by Gasteiger charge is 2.27. The predicted octanol–water partition coefficient (Wildman–Crippen LogP) is 16.8. The Kier molecular flexibility index (Phi) is 48.0. The summed E-state index contributed by atoms with van der Waals surface area (Å²) in [6.45, 7) is 6.85. The molecule has 0 saturated carbocycles. The second-order valence-corrected chi connectivity index (χ2v) is 22.6. The fourth-order valence-corrected chi connectivity index (χ4v) is 9.30. The van der Waals surface area contributed by atoms with Crippen LogP contribution in [0.4, 0.5) is 0 Å². The third-order valence-corrected chi connectivity index (χ3v) is 14.1. The van der Waals surface area contributed by atoms with Crippen LogP contribution in [0.3, 0.4) is 0 Å². The van der Waals surface area contributed by atoms with Crippen molar-refractivity contribution in [2.45, 2.75) is 296 Å². The molecule has 0 aromatic heterocycles. The number of hydrogen-bond acceptors (Lipinski definition) is 7. The lowest BCUT2D eigenvalue weighted by atomic mass is 10.0. The lowest BCUT2D eigenvalue weighted by Gasteiger charge is -2.30. The minimum absolute atomic E-state index is 0.0196. The average molecular weight is 982 g/mol. The van der Waals surface area contributed by atoms with Crippen LogP contribution >= 0.6 is 7.82 Å². The molecule has 68 heavy (non-hydrogen) atoms. The molecule has 0 radical (unpaired) electrons. The number of unbranched alkanes of at least 4 members (excludes halogenated alkanes) is 35. The summed E-state index contributed by atoms with van der Waals surface area (Å²) < 4.78 is 30.2. The van der Waals surface area contributed by atoms with Gasteiger partial charge in [0.15, 0.2) is 0 Å². The molecule has 402 valence electrons. The zero-order chi connectivity index (χ0) is 50.1. The van der Waals surface area contributed by atoms with E-state index in [1.807, 2.05) is 33.3 Å². The molecule has 1 amide bonds. The van der Waals surface area contributed by atoms with Crippen LogP contribution in [-0.4, -0.2) is 69.4 Å². The van der Waals surface area contributed by atoms with Gasteiger partial charge in [-0.1, -0.05) is 238 Å². The highest BCUT2D eigenvalue weighted by Crippen LogP contribution is 2.38. The lowest BCUT2D eigenvalue weighted by molar-refractivity contribution is -0.870. The van der Waals surface area contributed by atoms with Gasteiger partial charge in [-0.15, -0.1) is 0 Å². The van der Waals surface area contributed by atoms with Crippen LogP contribution in [0.5, 0.6) is 0 Å². The van der Waals surface area contributed by atoms with Crippen LogP contribution in [0.15, 0.2) is 24.3 Å². The number of nitrogens with one attached hydrogen (secondary N) is 1. The van der Waals surface area contributed by atoms with Crippen molar-refractivity contribution in [2.24, 2.45) is 0 Å². The predicted molar refractivity (Wildman–Crippen MR) is 289 cm³/mol. The van der Waals surface area contributed by atoms with E-state index in [1.165, 1.54) is 180 Å². The number of quaternary nitrogens is 1. The number of amides is 1. The summed E-state index contributed by atoms with van der Waals surface area (Å²) in [6, 6.07) is -0.882. The molecule has 0 rings (SSSR count). The van der Waals surface area contributed by atoms with Gasteiger partial charge in [0.2, 0.25) is 5.91 Å². The molecule has 0 bridgehead atoms. The van der Waals surface area contributed by atoms with E-state index in [0.29, 0.717) is 17.4 Å².